The van der Waals surface area contributed by atoms with Gasteiger partial charge in [0.05, 0.1) is 5.60 Å². The van der Waals surface area contributed by atoms with Crippen LogP contribution in [0.3, 0.4) is 0 Å². The second-order valence-corrected chi connectivity index (χ2v) is 5.96. The highest BCUT2D eigenvalue weighted by Gasteiger charge is 2.39. The molecule has 0 saturated heterocycles. The molecule has 1 atom stereocenters. The molecule has 0 spiro atoms. The van der Waals surface area contributed by atoms with Crippen molar-refractivity contribution in [1.29, 1.82) is 0 Å². The zero-order valence-corrected chi connectivity index (χ0v) is 13.0. The van der Waals surface area contributed by atoms with Crippen LogP contribution in [0.1, 0.15) is 51.0 Å². The van der Waals surface area contributed by atoms with E-state index in [1.807, 2.05) is 7.11 Å². The Morgan fingerprint density at radius 3 is 2.45 bits per heavy atom. The largest absolute Gasteiger partial charge is 0.377 e. The number of hydrogen-bond acceptors (Lipinski definition) is 2. The van der Waals surface area contributed by atoms with Gasteiger partial charge in [0.25, 0.3) is 0 Å². The number of rotatable bonds is 7. The third-order valence-electron chi connectivity index (χ3n) is 4.76. The number of likely N-dealkylation sites (N-methyl/N-ethyl adjacent to an activating group) is 1. The Morgan fingerprint density at radius 2 is 1.85 bits per heavy atom. The van der Waals surface area contributed by atoms with Crippen molar-refractivity contribution in [3.63, 3.8) is 0 Å². The molecule has 1 aliphatic rings. The minimum atomic E-state index is 0.0586. The van der Waals surface area contributed by atoms with Gasteiger partial charge in [0.15, 0.2) is 0 Å². The zero-order chi connectivity index (χ0) is 14.3. The molecule has 20 heavy (non-hydrogen) atoms. The second-order valence-electron chi connectivity index (χ2n) is 5.96. The lowest BCUT2D eigenvalue weighted by Crippen LogP contribution is -2.53. The van der Waals surface area contributed by atoms with Gasteiger partial charge in [-0.3, -0.25) is 0 Å². The SMILES string of the molecule is CCNC(CCc1ccccc1)C1(OC)CCCCC1. The monoisotopic (exact) mass is 275 g/mol. The first kappa shape index (κ1) is 15.5. The molecule has 1 aliphatic carbocycles. The van der Waals surface area contributed by atoms with Gasteiger partial charge in [0.2, 0.25) is 0 Å². The van der Waals surface area contributed by atoms with Crippen molar-refractivity contribution in [3.05, 3.63) is 35.9 Å². The van der Waals surface area contributed by atoms with E-state index in [4.69, 9.17) is 4.74 Å². The maximum Gasteiger partial charge on any atom is 0.0831 e. The Balaban J connectivity index is 2.01. The van der Waals surface area contributed by atoms with E-state index >= 15 is 0 Å². The molecule has 1 aromatic rings. The van der Waals surface area contributed by atoms with Gasteiger partial charge >= 0.3 is 0 Å². The summed E-state index contributed by atoms with van der Waals surface area (Å²) in [6.45, 7) is 3.21. The van der Waals surface area contributed by atoms with Crippen LogP contribution < -0.4 is 5.32 Å². The molecule has 0 bridgehead atoms. The molecule has 1 aromatic carbocycles. The smallest absolute Gasteiger partial charge is 0.0831 e. The van der Waals surface area contributed by atoms with Crippen molar-refractivity contribution >= 4 is 0 Å². The van der Waals surface area contributed by atoms with Crippen LogP contribution in [0.5, 0.6) is 0 Å². The molecule has 0 aromatic heterocycles. The fourth-order valence-electron chi connectivity index (χ4n) is 3.60. The highest BCUT2D eigenvalue weighted by Crippen LogP contribution is 2.35. The van der Waals surface area contributed by atoms with E-state index in [2.05, 4.69) is 42.6 Å². The van der Waals surface area contributed by atoms with E-state index in [-0.39, 0.29) is 5.60 Å². The van der Waals surface area contributed by atoms with Crippen molar-refractivity contribution in [3.8, 4) is 0 Å². The van der Waals surface area contributed by atoms with Crippen molar-refractivity contribution in [2.45, 2.75) is 63.5 Å². The molecular formula is C18H29NO. The van der Waals surface area contributed by atoms with E-state index in [1.54, 1.807) is 0 Å². The summed E-state index contributed by atoms with van der Waals surface area (Å²) in [4.78, 5) is 0. The highest BCUT2D eigenvalue weighted by molar-refractivity contribution is 5.15. The molecule has 1 fully saturated rings. The molecule has 2 heteroatoms. The van der Waals surface area contributed by atoms with Crippen LogP contribution in [0.15, 0.2) is 30.3 Å². The number of hydrogen-bond donors (Lipinski definition) is 1. The van der Waals surface area contributed by atoms with Gasteiger partial charge in [-0.15, -0.1) is 0 Å². The zero-order valence-electron chi connectivity index (χ0n) is 13.0. The van der Waals surface area contributed by atoms with Crippen LogP contribution in [0.4, 0.5) is 0 Å². The van der Waals surface area contributed by atoms with Crippen LogP contribution in [0.25, 0.3) is 0 Å². The summed E-state index contributed by atoms with van der Waals surface area (Å²) in [5.41, 5.74) is 1.49. The minimum absolute atomic E-state index is 0.0586. The van der Waals surface area contributed by atoms with Crippen LogP contribution in [0.2, 0.25) is 0 Å². The van der Waals surface area contributed by atoms with Gasteiger partial charge in [-0.2, -0.15) is 0 Å². The van der Waals surface area contributed by atoms with E-state index in [0.29, 0.717) is 6.04 Å². The van der Waals surface area contributed by atoms with Gasteiger partial charge in [-0.25, -0.2) is 0 Å². The maximum absolute atomic E-state index is 6.02. The average Bonchev–Trinajstić information content (AvgIpc) is 2.53. The minimum Gasteiger partial charge on any atom is -0.377 e. The lowest BCUT2D eigenvalue weighted by Gasteiger charge is -2.43. The summed E-state index contributed by atoms with van der Waals surface area (Å²) < 4.78 is 6.02. The molecule has 2 rings (SSSR count). The first-order chi connectivity index (χ1) is 9.80. The molecule has 2 nitrogen and oxygen atoms in total. The van der Waals surface area contributed by atoms with Crippen LogP contribution in [0, 0.1) is 0 Å². The van der Waals surface area contributed by atoms with E-state index < -0.39 is 0 Å². The summed E-state index contributed by atoms with van der Waals surface area (Å²) in [5, 5.41) is 3.69. The molecule has 1 N–H and O–H groups in total. The normalized spacial score (nSPS) is 19.7. The van der Waals surface area contributed by atoms with Crippen LogP contribution >= 0.6 is 0 Å². The Hall–Kier alpha value is -0.860. The number of ether oxygens (including phenoxy) is 1. The Bertz CT molecular complexity index is 370. The lowest BCUT2D eigenvalue weighted by atomic mass is 9.77. The van der Waals surface area contributed by atoms with E-state index in [0.717, 1.165) is 19.4 Å². The van der Waals surface area contributed by atoms with Gasteiger partial charge in [0.1, 0.15) is 0 Å². The third kappa shape index (κ3) is 3.83. The summed E-state index contributed by atoms with van der Waals surface area (Å²) in [6, 6.07) is 11.3. The first-order valence-corrected chi connectivity index (χ1v) is 8.13. The molecule has 0 aliphatic heterocycles. The predicted octanol–water partition coefficient (Wildman–Crippen LogP) is 3.95. The van der Waals surface area contributed by atoms with Gasteiger partial charge < -0.3 is 10.1 Å². The molecule has 0 heterocycles. The van der Waals surface area contributed by atoms with Crippen molar-refractivity contribution < 1.29 is 4.74 Å². The van der Waals surface area contributed by atoms with Gasteiger partial charge in [-0.1, -0.05) is 56.5 Å². The van der Waals surface area contributed by atoms with Crippen molar-refractivity contribution in [1.82, 2.24) is 5.32 Å². The summed E-state index contributed by atoms with van der Waals surface area (Å²) >= 11 is 0. The topological polar surface area (TPSA) is 21.3 Å². The number of aryl methyl sites for hydroxylation is 1. The molecule has 1 unspecified atom stereocenters. The summed E-state index contributed by atoms with van der Waals surface area (Å²) in [7, 11) is 1.90. The van der Waals surface area contributed by atoms with Gasteiger partial charge in [0, 0.05) is 13.2 Å². The van der Waals surface area contributed by atoms with Crippen molar-refractivity contribution in [2.75, 3.05) is 13.7 Å². The lowest BCUT2D eigenvalue weighted by molar-refractivity contribution is -0.0688. The fraction of sp³-hybridized carbons (Fsp3) is 0.667. The van der Waals surface area contributed by atoms with E-state index in [1.165, 1.54) is 37.7 Å². The summed E-state index contributed by atoms with van der Waals surface area (Å²) in [5.74, 6) is 0. The quantitative estimate of drug-likeness (QED) is 0.813. The molecule has 0 radical (unpaired) electrons. The van der Waals surface area contributed by atoms with Crippen molar-refractivity contribution in [2.24, 2.45) is 0 Å². The number of benzene rings is 1. The number of methoxy groups -OCH3 is 1. The predicted molar refractivity (Wildman–Crippen MR) is 85.1 cm³/mol. The van der Waals surface area contributed by atoms with E-state index in [9.17, 15) is 0 Å². The Labute approximate surface area is 123 Å². The maximum atomic E-state index is 6.02. The molecule has 112 valence electrons. The second kappa shape index (κ2) is 7.80. The third-order valence-corrected chi connectivity index (χ3v) is 4.76. The standard InChI is InChI=1S/C18H29NO/c1-3-19-17(13-12-16-10-6-4-7-11-16)18(20-2)14-8-5-9-15-18/h4,6-7,10-11,17,19H,3,5,8-9,12-15H2,1-2H3. The molecule has 1 saturated carbocycles. The summed E-state index contributed by atoms with van der Waals surface area (Å²) in [6.07, 6.45) is 8.67. The Kier molecular flexibility index (Phi) is 6.06. The Morgan fingerprint density at radius 1 is 1.15 bits per heavy atom. The number of nitrogens with one attached hydrogen (secondary N) is 1. The average molecular weight is 275 g/mol. The fourth-order valence-corrected chi connectivity index (χ4v) is 3.60. The van der Waals surface area contributed by atoms with Crippen LogP contribution in [-0.2, 0) is 11.2 Å². The first-order valence-electron chi connectivity index (χ1n) is 8.13. The molecule has 0 amide bonds. The van der Waals surface area contributed by atoms with Gasteiger partial charge in [-0.05, 0) is 37.8 Å². The highest BCUT2D eigenvalue weighted by atomic mass is 16.5. The van der Waals surface area contributed by atoms with Crippen LogP contribution in [-0.4, -0.2) is 25.3 Å². The molecular weight excluding hydrogens is 246 g/mol.